The normalized spacial score (nSPS) is 24.1. The van der Waals surface area contributed by atoms with Crippen LogP contribution < -0.4 is 0 Å². The van der Waals surface area contributed by atoms with Gasteiger partial charge in [-0.25, -0.2) is 8.42 Å². The first-order chi connectivity index (χ1) is 7.59. The quantitative estimate of drug-likeness (QED) is 0.684. The van der Waals surface area contributed by atoms with Crippen LogP contribution in [0.4, 0.5) is 0 Å². The molecule has 1 saturated heterocycles. The zero-order valence-electron chi connectivity index (χ0n) is 10.1. The summed E-state index contributed by atoms with van der Waals surface area (Å²) in [4.78, 5) is 12.3. The first-order valence-electron chi connectivity index (χ1n) is 5.48. The molecule has 1 heterocycles. The Bertz CT molecular complexity index is 384. The van der Waals surface area contributed by atoms with E-state index in [0.29, 0.717) is 6.42 Å². The van der Waals surface area contributed by atoms with Crippen LogP contribution in [-0.2, 0) is 14.6 Å². The van der Waals surface area contributed by atoms with Crippen LogP contribution in [0.5, 0.6) is 0 Å². The summed E-state index contributed by atoms with van der Waals surface area (Å²) in [5.74, 6) is -0.936. The number of rotatable bonds is 5. The third-order valence-electron chi connectivity index (χ3n) is 2.65. The molecule has 1 unspecified atom stereocenters. The molecule has 0 bridgehead atoms. The summed E-state index contributed by atoms with van der Waals surface area (Å²) in [6.07, 6.45) is 0.436. The Morgan fingerprint density at radius 1 is 1.47 bits per heavy atom. The van der Waals surface area contributed by atoms with Crippen molar-refractivity contribution in [2.75, 3.05) is 24.6 Å². The molecule has 6 nitrogen and oxygen atoms in total. The summed E-state index contributed by atoms with van der Waals surface area (Å²) in [6, 6.07) is -0.303. The van der Waals surface area contributed by atoms with Crippen molar-refractivity contribution in [3.8, 4) is 0 Å². The van der Waals surface area contributed by atoms with E-state index >= 15 is 0 Å². The standard InChI is InChI=1S/C10H19NO5S/c1-10(2,14)7-11(5-9(12)13)8-3-4-17(15,16)6-8/h8,14H,3-7H2,1-2H3,(H,12,13). The fourth-order valence-corrected chi connectivity index (χ4v) is 3.81. The lowest BCUT2D eigenvalue weighted by molar-refractivity contribution is -0.139. The maximum absolute atomic E-state index is 11.4. The molecule has 0 aromatic rings. The monoisotopic (exact) mass is 265 g/mol. The number of sulfone groups is 1. The lowest BCUT2D eigenvalue weighted by Gasteiger charge is -2.31. The van der Waals surface area contributed by atoms with Crippen LogP contribution in [0.15, 0.2) is 0 Å². The van der Waals surface area contributed by atoms with Gasteiger partial charge in [-0.2, -0.15) is 0 Å². The molecule has 1 atom stereocenters. The largest absolute Gasteiger partial charge is 0.480 e. The minimum Gasteiger partial charge on any atom is -0.480 e. The maximum atomic E-state index is 11.4. The number of aliphatic hydroxyl groups is 1. The highest BCUT2D eigenvalue weighted by molar-refractivity contribution is 7.91. The summed E-state index contributed by atoms with van der Waals surface area (Å²) in [7, 11) is -3.05. The van der Waals surface area contributed by atoms with E-state index in [2.05, 4.69) is 0 Å². The summed E-state index contributed by atoms with van der Waals surface area (Å²) < 4.78 is 22.7. The topological polar surface area (TPSA) is 94.9 Å². The van der Waals surface area contributed by atoms with E-state index in [1.165, 1.54) is 4.90 Å². The van der Waals surface area contributed by atoms with Crippen LogP contribution in [0.3, 0.4) is 0 Å². The number of aliphatic carboxylic acids is 1. The summed E-state index contributed by atoms with van der Waals surface area (Å²) in [6.45, 7) is 3.06. The van der Waals surface area contributed by atoms with Gasteiger partial charge in [-0.05, 0) is 20.3 Å². The van der Waals surface area contributed by atoms with Crippen molar-refractivity contribution in [2.45, 2.75) is 31.9 Å². The number of hydrogen-bond donors (Lipinski definition) is 2. The van der Waals surface area contributed by atoms with Crippen LogP contribution in [0, 0.1) is 0 Å². The highest BCUT2D eigenvalue weighted by Gasteiger charge is 2.35. The van der Waals surface area contributed by atoms with Gasteiger partial charge in [0.05, 0.1) is 23.7 Å². The molecule has 2 N–H and O–H groups in total. The van der Waals surface area contributed by atoms with E-state index in [9.17, 15) is 18.3 Å². The Morgan fingerprint density at radius 2 is 2.06 bits per heavy atom. The first kappa shape index (κ1) is 14.4. The van der Waals surface area contributed by atoms with E-state index < -0.39 is 21.4 Å². The fourth-order valence-electron chi connectivity index (χ4n) is 2.05. The van der Waals surface area contributed by atoms with Gasteiger partial charge in [-0.1, -0.05) is 0 Å². The van der Waals surface area contributed by atoms with Crippen LogP contribution in [0.25, 0.3) is 0 Å². The molecular weight excluding hydrogens is 246 g/mol. The smallest absolute Gasteiger partial charge is 0.317 e. The summed E-state index contributed by atoms with van der Waals surface area (Å²) in [5.41, 5.74) is -1.04. The fraction of sp³-hybridized carbons (Fsp3) is 0.900. The second-order valence-corrected chi connectivity index (χ2v) is 7.40. The van der Waals surface area contributed by atoms with Crippen molar-refractivity contribution < 1.29 is 23.4 Å². The van der Waals surface area contributed by atoms with Crippen molar-refractivity contribution in [3.63, 3.8) is 0 Å². The maximum Gasteiger partial charge on any atom is 0.317 e. The Balaban J connectivity index is 2.73. The minimum absolute atomic E-state index is 0.0175. The molecule has 0 radical (unpaired) electrons. The predicted octanol–water partition coefficient (Wildman–Crippen LogP) is -0.669. The molecule has 0 aliphatic carbocycles. The Morgan fingerprint density at radius 3 is 2.41 bits per heavy atom. The van der Waals surface area contributed by atoms with E-state index in [1.54, 1.807) is 13.8 Å². The summed E-state index contributed by atoms with van der Waals surface area (Å²) >= 11 is 0. The van der Waals surface area contributed by atoms with E-state index in [-0.39, 0.29) is 30.6 Å². The molecule has 1 aliphatic heterocycles. The second-order valence-electron chi connectivity index (χ2n) is 5.17. The third kappa shape index (κ3) is 5.01. The second kappa shape index (κ2) is 4.91. The minimum atomic E-state index is -3.05. The van der Waals surface area contributed by atoms with Gasteiger partial charge in [0.15, 0.2) is 9.84 Å². The van der Waals surface area contributed by atoms with Crippen LogP contribution >= 0.6 is 0 Å². The van der Waals surface area contributed by atoms with E-state index in [0.717, 1.165) is 0 Å². The molecule has 0 aromatic carbocycles. The Labute approximate surface area is 101 Å². The highest BCUT2D eigenvalue weighted by atomic mass is 32.2. The van der Waals surface area contributed by atoms with Gasteiger partial charge in [0.1, 0.15) is 0 Å². The van der Waals surface area contributed by atoms with E-state index in [4.69, 9.17) is 5.11 Å². The number of carbonyl (C=O) groups is 1. The van der Waals surface area contributed by atoms with Gasteiger partial charge in [0.25, 0.3) is 0 Å². The number of carboxylic acids is 1. The molecule has 1 aliphatic rings. The first-order valence-corrected chi connectivity index (χ1v) is 7.30. The molecule has 1 rings (SSSR count). The average Bonchev–Trinajstić information content (AvgIpc) is 2.41. The van der Waals surface area contributed by atoms with Gasteiger partial charge in [0, 0.05) is 12.6 Å². The molecule has 0 amide bonds. The molecule has 0 aromatic heterocycles. The van der Waals surface area contributed by atoms with Gasteiger partial charge in [-0.3, -0.25) is 9.69 Å². The van der Waals surface area contributed by atoms with E-state index in [1.807, 2.05) is 0 Å². The van der Waals surface area contributed by atoms with Crippen molar-refractivity contribution in [3.05, 3.63) is 0 Å². The molecule has 7 heteroatoms. The molecule has 0 saturated carbocycles. The number of carboxylic acid groups (broad SMARTS) is 1. The number of nitrogens with zero attached hydrogens (tertiary/aromatic N) is 1. The zero-order chi connectivity index (χ0) is 13.3. The molecule has 1 fully saturated rings. The highest BCUT2D eigenvalue weighted by Crippen LogP contribution is 2.19. The third-order valence-corrected chi connectivity index (χ3v) is 4.40. The van der Waals surface area contributed by atoms with Gasteiger partial charge in [0.2, 0.25) is 0 Å². The zero-order valence-corrected chi connectivity index (χ0v) is 10.9. The SMILES string of the molecule is CC(C)(O)CN(CC(=O)O)C1CCS(=O)(=O)C1. The van der Waals surface area contributed by atoms with Crippen molar-refractivity contribution in [2.24, 2.45) is 0 Å². The van der Waals surface area contributed by atoms with Crippen LogP contribution in [-0.4, -0.2) is 65.7 Å². The lowest BCUT2D eigenvalue weighted by Crippen LogP contribution is -2.47. The molecule has 0 spiro atoms. The molecule has 100 valence electrons. The lowest BCUT2D eigenvalue weighted by atomic mass is 10.1. The average molecular weight is 265 g/mol. The van der Waals surface area contributed by atoms with Crippen molar-refractivity contribution in [1.82, 2.24) is 4.90 Å². The molecular formula is C10H19NO5S. The van der Waals surface area contributed by atoms with Gasteiger partial charge in [-0.15, -0.1) is 0 Å². The van der Waals surface area contributed by atoms with Gasteiger partial charge >= 0.3 is 5.97 Å². The molecule has 17 heavy (non-hydrogen) atoms. The van der Waals surface area contributed by atoms with Gasteiger partial charge < -0.3 is 10.2 Å². The summed E-state index contributed by atoms with van der Waals surface area (Å²) in [5, 5.41) is 18.5. The predicted molar refractivity (Wildman–Crippen MR) is 62.6 cm³/mol. The van der Waals surface area contributed by atoms with Crippen LogP contribution in [0.1, 0.15) is 20.3 Å². The number of hydrogen-bond acceptors (Lipinski definition) is 5. The van der Waals surface area contributed by atoms with Crippen molar-refractivity contribution in [1.29, 1.82) is 0 Å². The Hall–Kier alpha value is -0.660. The Kier molecular flexibility index (Phi) is 4.16. The van der Waals surface area contributed by atoms with Crippen molar-refractivity contribution >= 4 is 15.8 Å². The van der Waals surface area contributed by atoms with Crippen LogP contribution in [0.2, 0.25) is 0 Å².